The molecule has 1 aromatic carbocycles. The first-order valence-electron chi connectivity index (χ1n) is 6.57. The molecule has 7 heteroatoms. The Labute approximate surface area is 128 Å². The summed E-state index contributed by atoms with van der Waals surface area (Å²) in [6, 6.07) is 5.93. The highest BCUT2D eigenvalue weighted by atomic mass is 35.5. The minimum Gasteiger partial charge on any atom is -0.435 e. The van der Waals surface area contributed by atoms with Gasteiger partial charge in [-0.05, 0) is 50.2 Å². The van der Waals surface area contributed by atoms with Crippen molar-refractivity contribution in [2.45, 2.75) is 26.4 Å². The summed E-state index contributed by atoms with van der Waals surface area (Å²) in [6.07, 6.45) is 1.57. The van der Waals surface area contributed by atoms with Crippen LogP contribution in [0.3, 0.4) is 0 Å². The van der Waals surface area contributed by atoms with Gasteiger partial charge in [-0.3, -0.25) is 4.79 Å². The van der Waals surface area contributed by atoms with Crippen LogP contribution in [0.15, 0.2) is 24.3 Å². The average molecular weight is 321 g/mol. The van der Waals surface area contributed by atoms with E-state index < -0.39 is 6.61 Å². The second kappa shape index (κ2) is 7.56. The largest absolute Gasteiger partial charge is 0.435 e. The standard InChI is InChI=1S/C14H18F2N2O2.ClH/c1-14(6-8-17-9-7-14)12(19)18-10-2-4-11(5-3-10)20-13(15)16;/h2-5,13,17H,6-9H2,1H3,(H,18,19);1H. The van der Waals surface area contributed by atoms with Crippen molar-refractivity contribution < 1.29 is 18.3 Å². The van der Waals surface area contributed by atoms with Crippen LogP contribution in [0, 0.1) is 5.41 Å². The Morgan fingerprint density at radius 2 is 1.86 bits per heavy atom. The summed E-state index contributed by atoms with van der Waals surface area (Å²) in [4.78, 5) is 12.3. The number of hydrogen-bond acceptors (Lipinski definition) is 3. The van der Waals surface area contributed by atoms with Crippen molar-refractivity contribution in [2.75, 3.05) is 18.4 Å². The summed E-state index contributed by atoms with van der Waals surface area (Å²) in [7, 11) is 0. The van der Waals surface area contributed by atoms with Crippen LogP contribution in [0.1, 0.15) is 19.8 Å². The van der Waals surface area contributed by atoms with Gasteiger partial charge in [0.1, 0.15) is 5.75 Å². The van der Waals surface area contributed by atoms with E-state index in [0.717, 1.165) is 25.9 Å². The van der Waals surface area contributed by atoms with Crippen molar-refractivity contribution in [3.8, 4) is 5.75 Å². The van der Waals surface area contributed by atoms with E-state index in [4.69, 9.17) is 0 Å². The highest BCUT2D eigenvalue weighted by Crippen LogP contribution is 2.29. The van der Waals surface area contributed by atoms with Crippen LogP contribution in [0.2, 0.25) is 0 Å². The minimum atomic E-state index is -2.84. The summed E-state index contributed by atoms with van der Waals surface area (Å²) < 4.78 is 28.3. The number of carbonyl (C=O) groups excluding carboxylic acids is 1. The Balaban J connectivity index is 0.00000220. The maximum Gasteiger partial charge on any atom is 0.387 e. The van der Waals surface area contributed by atoms with E-state index in [1.807, 2.05) is 6.92 Å². The van der Waals surface area contributed by atoms with Crippen LogP contribution in [0.5, 0.6) is 5.75 Å². The summed E-state index contributed by atoms with van der Waals surface area (Å²) >= 11 is 0. The number of halogens is 3. The number of carbonyl (C=O) groups is 1. The molecule has 0 radical (unpaired) electrons. The molecule has 1 aliphatic heterocycles. The second-order valence-corrected chi connectivity index (χ2v) is 5.17. The molecule has 2 rings (SSSR count). The number of ether oxygens (including phenoxy) is 1. The van der Waals surface area contributed by atoms with E-state index in [1.165, 1.54) is 12.1 Å². The molecule has 0 aliphatic carbocycles. The van der Waals surface area contributed by atoms with Crippen LogP contribution in [-0.4, -0.2) is 25.6 Å². The minimum absolute atomic E-state index is 0. The number of rotatable bonds is 4. The fourth-order valence-corrected chi connectivity index (χ4v) is 2.21. The predicted molar refractivity (Wildman–Crippen MR) is 79.2 cm³/mol. The summed E-state index contributed by atoms with van der Waals surface area (Å²) in [5, 5.41) is 6.04. The normalized spacial score (nSPS) is 17.0. The Bertz CT molecular complexity index is 463. The molecule has 1 aliphatic rings. The second-order valence-electron chi connectivity index (χ2n) is 5.17. The zero-order valence-corrected chi connectivity index (χ0v) is 12.5. The van der Waals surface area contributed by atoms with Crippen LogP contribution >= 0.6 is 12.4 Å². The van der Waals surface area contributed by atoms with Crippen molar-refractivity contribution in [1.82, 2.24) is 5.32 Å². The van der Waals surface area contributed by atoms with Crippen molar-refractivity contribution in [2.24, 2.45) is 5.41 Å². The molecule has 2 N–H and O–H groups in total. The van der Waals surface area contributed by atoms with Gasteiger partial charge >= 0.3 is 6.61 Å². The monoisotopic (exact) mass is 320 g/mol. The van der Waals surface area contributed by atoms with Gasteiger partial charge in [-0.2, -0.15) is 8.78 Å². The van der Waals surface area contributed by atoms with Crippen LogP contribution in [-0.2, 0) is 4.79 Å². The van der Waals surface area contributed by atoms with Gasteiger partial charge < -0.3 is 15.4 Å². The Morgan fingerprint density at radius 3 is 2.38 bits per heavy atom. The number of nitrogens with one attached hydrogen (secondary N) is 2. The number of amides is 1. The molecule has 0 saturated carbocycles. The smallest absolute Gasteiger partial charge is 0.387 e. The predicted octanol–water partition coefficient (Wildman–Crippen LogP) is 3.04. The third-order valence-corrected chi connectivity index (χ3v) is 3.59. The molecule has 118 valence electrons. The highest BCUT2D eigenvalue weighted by Gasteiger charge is 2.34. The first kappa shape index (κ1) is 17.7. The number of alkyl halides is 2. The molecule has 0 atom stereocenters. The van der Waals surface area contributed by atoms with E-state index in [-0.39, 0.29) is 29.5 Å². The SMILES string of the molecule is CC1(C(=O)Nc2ccc(OC(F)F)cc2)CCNCC1.Cl. The van der Waals surface area contributed by atoms with Crippen LogP contribution in [0.25, 0.3) is 0 Å². The van der Waals surface area contributed by atoms with Gasteiger partial charge in [-0.1, -0.05) is 6.92 Å². The van der Waals surface area contributed by atoms with Crippen molar-refractivity contribution in [3.63, 3.8) is 0 Å². The van der Waals surface area contributed by atoms with Gasteiger partial charge in [0, 0.05) is 11.1 Å². The summed E-state index contributed by atoms with van der Waals surface area (Å²) in [5.41, 5.74) is 0.194. The van der Waals surface area contributed by atoms with Crippen molar-refractivity contribution in [3.05, 3.63) is 24.3 Å². The van der Waals surface area contributed by atoms with Gasteiger partial charge in [-0.15, -0.1) is 12.4 Å². The number of benzene rings is 1. The lowest BCUT2D eigenvalue weighted by molar-refractivity contribution is -0.126. The molecule has 1 aromatic rings. The summed E-state index contributed by atoms with van der Waals surface area (Å²) in [5.74, 6) is 0.0348. The third-order valence-electron chi connectivity index (χ3n) is 3.59. The van der Waals surface area contributed by atoms with E-state index in [2.05, 4.69) is 15.4 Å². The van der Waals surface area contributed by atoms with Crippen LogP contribution < -0.4 is 15.4 Å². The molecule has 21 heavy (non-hydrogen) atoms. The third kappa shape index (κ3) is 4.82. The van der Waals surface area contributed by atoms with Gasteiger partial charge in [0.15, 0.2) is 0 Å². The van der Waals surface area contributed by atoms with Gasteiger partial charge in [0.2, 0.25) is 5.91 Å². The fourth-order valence-electron chi connectivity index (χ4n) is 2.21. The quantitative estimate of drug-likeness (QED) is 0.896. The maximum absolute atomic E-state index is 12.3. The molecule has 0 spiro atoms. The Morgan fingerprint density at radius 1 is 1.29 bits per heavy atom. The number of hydrogen-bond donors (Lipinski definition) is 2. The topological polar surface area (TPSA) is 50.4 Å². The van der Waals surface area contributed by atoms with Crippen molar-refractivity contribution in [1.29, 1.82) is 0 Å². The molecular formula is C14H19ClF2N2O2. The lowest BCUT2D eigenvalue weighted by Gasteiger charge is -2.32. The highest BCUT2D eigenvalue weighted by molar-refractivity contribution is 5.95. The lowest BCUT2D eigenvalue weighted by atomic mass is 9.80. The number of anilines is 1. The maximum atomic E-state index is 12.3. The van der Waals surface area contributed by atoms with E-state index in [0.29, 0.717) is 5.69 Å². The Hall–Kier alpha value is -1.40. The van der Waals surface area contributed by atoms with Gasteiger partial charge in [0.05, 0.1) is 0 Å². The van der Waals surface area contributed by atoms with E-state index >= 15 is 0 Å². The molecular weight excluding hydrogens is 302 g/mol. The Kier molecular flexibility index (Phi) is 6.36. The number of piperidine rings is 1. The molecule has 1 amide bonds. The molecule has 0 aromatic heterocycles. The zero-order chi connectivity index (χ0) is 14.6. The molecule has 4 nitrogen and oxygen atoms in total. The van der Waals surface area contributed by atoms with E-state index in [9.17, 15) is 13.6 Å². The van der Waals surface area contributed by atoms with Crippen LogP contribution in [0.4, 0.5) is 14.5 Å². The molecule has 1 saturated heterocycles. The van der Waals surface area contributed by atoms with Crippen molar-refractivity contribution >= 4 is 24.0 Å². The summed E-state index contributed by atoms with van der Waals surface area (Å²) in [6.45, 7) is 0.747. The molecule has 1 fully saturated rings. The first-order valence-corrected chi connectivity index (χ1v) is 6.57. The molecule has 0 bridgehead atoms. The van der Waals surface area contributed by atoms with Gasteiger partial charge in [-0.25, -0.2) is 0 Å². The lowest BCUT2D eigenvalue weighted by Crippen LogP contribution is -2.42. The first-order chi connectivity index (χ1) is 9.49. The molecule has 0 unspecified atom stereocenters. The fraction of sp³-hybridized carbons (Fsp3) is 0.500. The van der Waals surface area contributed by atoms with Gasteiger partial charge in [0.25, 0.3) is 0 Å². The van der Waals surface area contributed by atoms with E-state index in [1.54, 1.807) is 12.1 Å². The molecule has 1 heterocycles. The zero-order valence-electron chi connectivity index (χ0n) is 11.7. The average Bonchev–Trinajstić information content (AvgIpc) is 2.41.